The molecule has 0 radical (unpaired) electrons. The summed E-state index contributed by atoms with van der Waals surface area (Å²) in [6, 6.07) is 0. The molecule has 0 saturated carbocycles. The molecule has 0 atom stereocenters. The Balaban J connectivity index is 3.08. The van der Waals surface area contributed by atoms with Gasteiger partial charge in [0.15, 0.2) is 11.6 Å². The predicted molar refractivity (Wildman–Crippen MR) is 84.4 cm³/mol. The lowest BCUT2D eigenvalue weighted by molar-refractivity contribution is -0.115. The third-order valence-electron chi connectivity index (χ3n) is 2.88. The van der Waals surface area contributed by atoms with Crippen LogP contribution in [0.1, 0.15) is 19.8 Å². The predicted octanol–water partition coefficient (Wildman–Crippen LogP) is 3.56. The summed E-state index contributed by atoms with van der Waals surface area (Å²) in [5, 5.41) is 1.73. The van der Waals surface area contributed by atoms with E-state index in [1.165, 1.54) is 0 Å². The molecule has 1 heterocycles. The van der Waals surface area contributed by atoms with E-state index in [1.54, 1.807) is 12.2 Å². The van der Waals surface area contributed by atoms with E-state index in [0.29, 0.717) is 12.8 Å². The van der Waals surface area contributed by atoms with Gasteiger partial charge in [-0.15, -0.1) is 4.73 Å². The standard InChI is InChI=1S/C13H15F7N3O5P/c1-2-3-4-27-11(25)22-9-8(14)5-23(10(24)21-9)28-29(26,6-12(15,16)17)7-13(18,19)20/h5H,2-4,6-7H2,1H3,(H,21,22,24,25). The van der Waals surface area contributed by atoms with Gasteiger partial charge in [-0.3, -0.25) is 9.88 Å². The summed E-state index contributed by atoms with van der Waals surface area (Å²) in [6.45, 7) is 1.75. The highest BCUT2D eigenvalue weighted by atomic mass is 31.2. The van der Waals surface area contributed by atoms with Crippen molar-refractivity contribution in [3.63, 3.8) is 0 Å². The number of carbonyl (C=O) groups excluding carboxylic acids is 1. The molecule has 1 aromatic rings. The molecule has 0 aliphatic heterocycles. The van der Waals surface area contributed by atoms with Crippen LogP contribution in [0.5, 0.6) is 0 Å². The van der Waals surface area contributed by atoms with Gasteiger partial charge in [0, 0.05) is 0 Å². The largest absolute Gasteiger partial charge is 0.449 e. The van der Waals surface area contributed by atoms with Crippen molar-refractivity contribution >= 4 is 19.3 Å². The zero-order chi connectivity index (χ0) is 22.5. The SMILES string of the molecule is CCCCOC(=O)Nc1nc(=O)n(OP(=O)(CC(F)(F)F)CC(F)(F)F)cc1F. The summed E-state index contributed by atoms with van der Waals surface area (Å²) < 4.78 is 109. The summed E-state index contributed by atoms with van der Waals surface area (Å²) in [5.41, 5.74) is -1.72. The van der Waals surface area contributed by atoms with Crippen LogP contribution in [0.4, 0.5) is 41.3 Å². The highest BCUT2D eigenvalue weighted by Gasteiger charge is 2.48. The second-order valence-corrected chi connectivity index (χ2v) is 8.03. The first-order valence-electron chi connectivity index (χ1n) is 7.79. The minimum absolute atomic E-state index is 0.00358. The Kier molecular flexibility index (Phi) is 8.07. The molecule has 166 valence electrons. The maximum Gasteiger partial charge on any atom is 0.412 e. The van der Waals surface area contributed by atoms with Crippen molar-refractivity contribution in [2.24, 2.45) is 0 Å². The van der Waals surface area contributed by atoms with Crippen LogP contribution in [0.3, 0.4) is 0 Å². The number of nitrogens with one attached hydrogen (secondary N) is 1. The summed E-state index contributed by atoms with van der Waals surface area (Å²) in [6.07, 6.45) is -15.8. The number of amides is 1. The van der Waals surface area contributed by atoms with E-state index in [2.05, 4.69) is 14.3 Å². The Morgan fingerprint density at radius 2 is 1.76 bits per heavy atom. The first-order chi connectivity index (χ1) is 13.1. The summed E-state index contributed by atoms with van der Waals surface area (Å²) in [7, 11) is -5.60. The smallest absolute Gasteiger partial charge is 0.412 e. The van der Waals surface area contributed by atoms with Crippen molar-refractivity contribution < 1.29 is 49.5 Å². The number of ether oxygens (including phenoxy) is 1. The van der Waals surface area contributed by atoms with Gasteiger partial charge >= 0.3 is 24.1 Å². The molecule has 1 N–H and O–H groups in total. The number of unbranched alkanes of at least 4 members (excludes halogenated alkanes) is 1. The molecular formula is C13H15F7N3O5P. The number of hydrogen-bond acceptors (Lipinski definition) is 6. The Labute approximate surface area is 158 Å². The zero-order valence-corrected chi connectivity index (χ0v) is 15.5. The topological polar surface area (TPSA) is 99.5 Å². The van der Waals surface area contributed by atoms with Crippen LogP contribution in [0, 0.1) is 5.82 Å². The average Bonchev–Trinajstić information content (AvgIpc) is 2.48. The first kappa shape index (κ1) is 24.7. The molecule has 29 heavy (non-hydrogen) atoms. The van der Waals surface area contributed by atoms with Gasteiger partial charge in [0.2, 0.25) is 0 Å². The van der Waals surface area contributed by atoms with Crippen LogP contribution < -0.4 is 15.6 Å². The molecule has 1 aromatic heterocycles. The first-order valence-corrected chi connectivity index (χ1v) is 9.78. The van der Waals surface area contributed by atoms with E-state index in [1.807, 2.05) is 0 Å². The van der Waals surface area contributed by atoms with Crippen molar-refractivity contribution in [2.45, 2.75) is 32.1 Å². The second kappa shape index (κ2) is 9.46. The van der Waals surface area contributed by atoms with Crippen molar-refractivity contribution in [3.8, 4) is 0 Å². The van der Waals surface area contributed by atoms with Gasteiger partial charge in [-0.05, 0) is 6.42 Å². The summed E-state index contributed by atoms with van der Waals surface area (Å²) in [4.78, 5) is 26.1. The molecule has 8 nitrogen and oxygen atoms in total. The van der Waals surface area contributed by atoms with Gasteiger partial charge in [-0.2, -0.15) is 31.3 Å². The van der Waals surface area contributed by atoms with Gasteiger partial charge in [0.25, 0.3) is 7.37 Å². The monoisotopic (exact) mass is 457 g/mol. The molecular weight excluding hydrogens is 442 g/mol. The highest BCUT2D eigenvalue weighted by molar-refractivity contribution is 7.59. The normalized spacial score (nSPS) is 12.6. The molecule has 0 aromatic carbocycles. The third kappa shape index (κ3) is 9.15. The van der Waals surface area contributed by atoms with Crippen LogP contribution in [0.25, 0.3) is 0 Å². The number of rotatable bonds is 8. The van der Waals surface area contributed by atoms with E-state index in [0.717, 1.165) is 0 Å². The molecule has 0 saturated heterocycles. The lowest BCUT2D eigenvalue weighted by Crippen LogP contribution is -2.34. The summed E-state index contributed by atoms with van der Waals surface area (Å²) in [5.74, 6) is -2.58. The molecule has 0 aliphatic rings. The molecule has 1 rings (SSSR count). The van der Waals surface area contributed by atoms with Crippen LogP contribution in [0.15, 0.2) is 11.0 Å². The molecule has 1 amide bonds. The Hall–Kier alpha value is -2.31. The van der Waals surface area contributed by atoms with Gasteiger partial charge in [0.05, 0.1) is 12.8 Å². The fourth-order valence-corrected chi connectivity index (χ4v) is 3.58. The fraction of sp³-hybridized carbons (Fsp3) is 0.615. The van der Waals surface area contributed by atoms with Crippen molar-refractivity contribution in [3.05, 3.63) is 22.5 Å². The number of anilines is 1. The molecule has 0 spiro atoms. The van der Waals surface area contributed by atoms with Gasteiger partial charge < -0.3 is 9.36 Å². The van der Waals surface area contributed by atoms with Crippen LogP contribution in [-0.2, 0) is 9.30 Å². The maximum absolute atomic E-state index is 13.9. The van der Waals surface area contributed by atoms with Crippen molar-refractivity contribution in [1.29, 1.82) is 0 Å². The minimum Gasteiger partial charge on any atom is -0.449 e. The number of hydrogen-bond donors (Lipinski definition) is 1. The molecule has 0 unspecified atom stereocenters. The molecule has 16 heteroatoms. The molecule has 0 fully saturated rings. The van der Waals surface area contributed by atoms with Gasteiger partial charge in [0.1, 0.15) is 12.3 Å². The minimum atomic E-state index is -5.60. The van der Waals surface area contributed by atoms with Crippen LogP contribution in [0.2, 0.25) is 0 Å². The molecule has 0 aliphatic carbocycles. The van der Waals surface area contributed by atoms with E-state index in [-0.39, 0.29) is 12.8 Å². The second-order valence-electron chi connectivity index (χ2n) is 5.60. The van der Waals surface area contributed by atoms with Crippen molar-refractivity contribution in [2.75, 3.05) is 24.2 Å². The third-order valence-corrected chi connectivity index (χ3v) is 5.04. The van der Waals surface area contributed by atoms with Gasteiger partial charge in [-0.25, -0.2) is 14.0 Å². The zero-order valence-electron chi connectivity index (χ0n) is 14.6. The lowest BCUT2D eigenvalue weighted by Gasteiger charge is -2.22. The number of aromatic nitrogens is 2. The number of nitrogens with zero attached hydrogens (tertiary/aromatic N) is 2. The highest BCUT2D eigenvalue weighted by Crippen LogP contribution is 2.51. The van der Waals surface area contributed by atoms with E-state index >= 15 is 0 Å². The van der Waals surface area contributed by atoms with E-state index in [9.17, 15) is 44.9 Å². The van der Waals surface area contributed by atoms with Crippen LogP contribution >= 0.6 is 7.37 Å². The number of alkyl halides is 6. The van der Waals surface area contributed by atoms with E-state index in [4.69, 9.17) is 0 Å². The Morgan fingerprint density at radius 3 is 2.24 bits per heavy atom. The fourth-order valence-electron chi connectivity index (χ4n) is 1.83. The lowest BCUT2D eigenvalue weighted by atomic mass is 10.4. The number of halogens is 7. The quantitative estimate of drug-likeness (QED) is 0.364. The maximum atomic E-state index is 13.9. The average molecular weight is 457 g/mol. The Bertz CT molecular complexity index is 804. The molecule has 0 bridgehead atoms. The van der Waals surface area contributed by atoms with Gasteiger partial charge in [-0.1, -0.05) is 13.3 Å². The van der Waals surface area contributed by atoms with E-state index < -0.39 is 60.2 Å². The number of carbonyl (C=O) groups is 1. The Morgan fingerprint density at radius 1 is 1.21 bits per heavy atom. The summed E-state index contributed by atoms with van der Waals surface area (Å²) >= 11 is 0. The van der Waals surface area contributed by atoms with Crippen molar-refractivity contribution in [1.82, 2.24) is 9.71 Å². The van der Waals surface area contributed by atoms with Crippen LogP contribution in [-0.4, -0.2) is 47.1 Å².